The summed E-state index contributed by atoms with van der Waals surface area (Å²) in [6.07, 6.45) is 9.36. The number of nitrogens with one attached hydrogen (secondary N) is 2. The van der Waals surface area contributed by atoms with Crippen molar-refractivity contribution in [3.8, 4) is 5.75 Å². The van der Waals surface area contributed by atoms with E-state index in [1.54, 1.807) is 13.3 Å². The van der Waals surface area contributed by atoms with Crippen molar-refractivity contribution >= 4 is 5.91 Å². The molecule has 0 fully saturated rings. The SMILES string of the molecule is COc1cc2c(cc1CNC(=O)CCCc1cn[nH]c1)CCC2. The Kier molecular flexibility index (Phi) is 4.95. The van der Waals surface area contributed by atoms with E-state index in [1.807, 2.05) is 6.20 Å². The lowest BCUT2D eigenvalue weighted by Gasteiger charge is -2.12. The predicted octanol–water partition coefficient (Wildman–Crippen LogP) is 2.55. The third-order valence-corrected chi connectivity index (χ3v) is 4.40. The monoisotopic (exact) mass is 313 g/mol. The minimum absolute atomic E-state index is 0.0797. The summed E-state index contributed by atoms with van der Waals surface area (Å²) in [5, 5.41) is 9.69. The third-order valence-electron chi connectivity index (χ3n) is 4.40. The van der Waals surface area contributed by atoms with Gasteiger partial charge in [-0.25, -0.2) is 0 Å². The summed E-state index contributed by atoms with van der Waals surface area (Å²) in [6.45, 7) is 0.529. The number of methoxy groups -OCH3 is 1. The summed E-state index contributed by atoms with van der Waals surface area (Å²) < 4.78 is 5.47. The molecule has 1 aliphatic carbocycles. The Bertz CT molecular complexity index is 665. The molecule has 5 heteroatoms. The second-order valence-electron chi connectivity index (χ2n) is 6.02. The first-order valence-corrected chi connectivity index (χ1v) is 8.19. The van der Waals surface area contributed by atoms with Crippen molar-refractivity contribution in [2.45, 2.75) is 45.1 Å². The fraction of sp³-hybridized carbons (Fsp3) is 0.444. The van der Waals surface area contributed by atoms with Gasteiger partial charge >= 0.3 is 0 Å². The van der Waals surface area contributed by atoms with Crippen molar-refractivity contribution in [2.24, 2.45) is 0 Å². The second-order valence-corrected chi connectivity index (χ2v) is 6.02. The van der Waals surface area contributed by atoms with E-state index in [0.717, 1.165) is 42.6 Å². The molecule has 122 valence electrons. The first-order chi connectivity index (χ1) is 11.3. The quantitative estimate of drug-likeness (QED) is 0.825. The van der Waals surface area contributed by atoms with E-state index in [9.17, 15) is 4.79 Å². The van der Waals surface area contributed by atoms with Gasteiger partial charge in [-0.3, -0.25) is 9.89 Å². The summed E-state index contributed by atoms with van der Waals surface area (Å²) in [4.78, 5) is 12.0. The summed E-state index contributed by atoms with van der Waals surface area (Å²) in [6, 6.07) is 4.32. The number of amides is 1. The minimum Gasteiger partial charge on any atom is -0.496 e. The molecule has 0 saturated carbocycles. The van der Waals surface area contributed by atoms with Gasteiger partial charge in [0.1, 0.15) is 5.75 Å². The number of fused-ring (bicyclic) bond motifs is 1. The van der Waals surface area contributed by atoms with Crippen molar-refractivity contribution in [3.63, 3.8) is 0 Å². The normalized spacial score (nSPS) is 12.9. The highest BCUT2D eigenvalue weighted by Crippen LogP contribution is 2.29. The number of carbonyl (C=O) groups excluding carboxylic acids is 1. The van der Waals surface area contributed by atoms with Crippen molar-refractivity contribution in [2.75, 3.05) is 7.11 Å². The number of aryl methyl sites for hydroxylation is 3. The Balaban J connectivity index is 1.50. The molecule has 1 aromatic carbocycles. The Morgan fingerprint density at radius 3 is 2.91 bits per heavy atom. The van der Waals surface area contributed by atoms with Crippen LogP contribution in [0.15, 0.2) is 24.5 Å². The van der Waals surface area contributed by atoms with Gasteiger partial charge in [0.15, 0.2) is 0 Å². The van der Waals surface area contributed by atoms with E-state index in [-0.39, 0.29) is 5.91 Å². The number of ether oxygens (including phenoxy) is 1. The summed E-state index contributed by atoms with van der Waals surface area (Å²) in [5.41, 5.74) is 4.99. The van der Waals surface area contributed by atoms with Crippen molar-refractivity contribution in [3.05, 3.63) is 46.8 Å². The Hall–Kier alpha value is -2.30. The molecule has 3 rings (SSSR count). The van der Waals surface area contributed by atoms with Crippen LogP contribution in [-0.4, -0.2) is 23.2 Å². The highest BCUT2D eigenvalue weighted by molar-refractivity contribution is 5.76. The molecule has 0 aliphatic heterocycles. The van der Waals surface area contributed by atoms with Gasteiger partial charge < -0.3 is 10.1 Å². The highest BCUT2D eigenvalue weighted by Gasteiger charge is 2.15. The molecule has 0 spiro atoms. The van der Waals surface area contributed by atoms with E-state index >= 15 is 0 Å². The molecule has 0 radical (unpaired) electrons. The molecule has 1 aliphatic rings. The van der Waals surface area contributed by atoms with Crippen LogP contribution in [0.25, 0.3) is 0 Å². The molecule has 2 aromatic rings. The fourth-order valence-electron chi connectivity index (χ4n) is 3.13. The van der Waals surface area contributed by atoms with Gasteiger partial charge in [0.05, 0.1) is 13.3 Å². The molecule has 23 heavy (non-hydrogen) atoms. The largest absolute Gasteiger partial charge is 0.496 e. The van der Waals surface area contributed by atoms with Crippen LogP contribution in [0.4, 0.5) is 0 Å². The van der Waals surface area contributed by atoms with Crippen molar-refractivity contribution in [1.82, 2.24) is 15.5 Å². The smallest absolute Gasteiger partial charge is 0.220 e. The zero-order valence-corrected chi connectivity index (χ0v) is 13.5. The molecule has 1 aromatic heterocycles. The van der Waals surface area contributed by atoms with Crippen LogP contribution < -0.4 is 10.1 Å². The Labute approximate surface area is 136 Å². The van der Waals surface area contributed by atoms with Gasteiger partial charge in [0.2, 0.25) is 5.91 Å². The molecule has 0 bridgehead atoms. The number of carbonyl (C=O) groups is 1. The van der Waals surface area contributed by atoms with Crippen LogP contribution in [0.2, 0.25) is 0 Å². The summed E-state index contributed by atoms with van der Waals surface area (Å²) >= 11 is 0. The van der Waals surface area contributed by atoms with E-state index in [1.165, 1.54) is 17.5 Å². The molecule has 2 N–H and O–H groups in total. The highest BCUT2D eigenvalue weighted by atomic mass is 16.5. The van der Waals surface area contributed by atoms with Crippen molar-refractivity contribution in [1.29, 1.82) is 0 Å². The van der Waals surface area contributed by atoms with Gasteiger partial charge in [0, 0.05) is 24.7 Å². The first-order valence-electron chi connectivity index (χ1n) is 8.19. The number of H-pyrrole nitrogens is 1. The van der Waals surface area contributed by atoms with Gasteiger partial charge in [-0.15, -0.1) is 0 Å². The molecule has 5 nitrogen and oxygen atoms in total. The number of aromatic nitrogens is 2. The van der Waals surface area contributed by atoms with E-state index in [0.29, 0.717) is 13.0 Å². The number of hydrogen-bond donors (Lipinski definition) is 2. The maximum atomic E-state index is 12.0. The maximum absolute atomic E-state index is 12.0. The van der Waals surface area contributed by atoms with Crippen LogP contribution >= 0.6 is 0 Å². The van der Waals surface area contributed by atoms with Crippen LogP contribution in [0.3, 0.4) is 0 Å². The van der Waals surface area contributed by atoms with E-state index < -0.39 is 0 Å². The van der Waals surface area contributed by atoms with Gasteiger partial charge in [0.25, 0.3) is 0 Å². The Morgan fingerprint density at radius 2 is 2.17 bits per heavy atom. The molecule has 0 saturated heterocycles. The molecule has 1 heterocycles. The summed E-state index contributed by atoms with van der Waals surface area (Å²) in [7, 11) is 1.69. The van der Waals surface area contributed by atoms with Crippen LogP contribution in [0, 0.1) is 0 Å². The minimum atomic E-state index is 0.0797. The zero-order chi connectivity index (χ0) is 16.1. The maximum Gasteiger partial charge on any atom is 0.220 e. The number of nitrogens with zero attached hydrogens (tertiary/aromatic N) is 1. The van der Waals surface area contributed by atoms with E-state index in [2.05, 4.69) is 27.6 Å². The van der Waals surface area contributed by atoms with Gasteiger partial charge in [-0.05, 0) is 54.9 Å². The van der Waals surface area contributed by atoms with Crippen LogP contribution in [0.5, 0.6) is 5.75 Å². The first kappa shape index (κ1) is 15.6. The lowest BCUT2D eigenvalue weighted by Crippen LogP contribution is -2.23. The third kappa shape index (κ3) is 3.92. The molecule has 0 unspecified atom stereocenters. The lowest BCUT2D eigenvalue weighted by atomic mass is 10.0. The number of rotatable bonds is 7. The van der Waals surface area contributed by atoms with Gasteiger partial charge in [-0.2, -0.15) is 5.10 Å². The molecule has 1 amide bonds. The standard InChI is InChI=1S/C18H23N3O2/c1-23-17-9-15-6-3-5-14(15)8-16(17)12-19-18(22)7-2-4-13-10-20-21-11-13/h8-11H,2-7,12H2,1H3,(H,19,22)(H,20,21). The van der Waals surface area contributed by atoms with Gasteiger partial charge in [-0.1, -0.05) is 6.07 Å². The molecular formula is C18H23N3O2. The van der Waals surface area contributed by atoms with E-state index in [4.69, 9.17) is 4.74 Å². The van der Waals surface area contributed by atoms with Crippen LogP contribution in [-0.2, 0) is 30.6 Å². The molecule has 0 atom stereocenters. The van der Waals surface area contributed by atoms with Crippen molar-refractivity contribution < 1.29 is 9.53 Å². The second kappa shape index (κ2) is 7.31. The average molecular weight is 313 g/mol. The zero-order valence-electron chi connectivity index (χ0n) is 13.5. The summed E-state index contributed by atoms with van der Waals surface area (Å²) in [5.74, 6) is 0.959. The topological polar surface area (TPSA) is 67.0 Å². The molecular weight excluding hydrogens is 290 g/mol. The Morgan fingerprint density at radius 1 is 1.35 bits per heavy atom. The number of aromatic amines is 1. The number of benzene rings is 1. The lowest BCUT2D eigenvalue weighted by molar-refractivity contribution is -0.121. The predicted molar refractivity (Wildman–Crippen MR) is 88.4 cm³/mol. The fourth-order valence-corrected chi connectivity index (χ4v) is 3.13. The average Bonchev–Trinajstić information content (AvgIpc) is 3.22. The number of hydrogen-bond acceptors (Lipinski definition) is 3. The van der Waals surface area contributed by atoms with Crippen LogP contribution in [0.1, 0.15) is 41.5 Å².